The number of rotatable bonds is 5. The molecule has 2 rings (SSSR count). The molecule has 0 fully saturated rings. The number of aryl methyl sites for hydroxylation is 1. The van der Waals surface area contributed by atoms with Gasteiger partial charge >= 0.3 is 12.2 Å². The van der Waals surface area contributed by atoms with Crippen molar-refractivity contribution in [2.24, 2.45) is 0 Å². The van der Waals surface area contributed by atoms with E-state index >= 15 is 0 Å². The van der Waals surface area contributed by atoms with Crippen molar-refractivity contribution in [2.45, 2.75) is 32.5 Å². The number of halogens is 3. The second kappa shape index (κ2) is 5.94. The zero-order chi connectivity index (χ0) is 14.6. The molecule has 0 bridgehead atoms. The SMILES string of the molecule is CCCc1nnc(NCc2ccccc2C(F)(F)F)o1. The van der Waals surface area contributed by atoms with Crippen LogP contribution in [0, 0.1) is 0 Å². The average molecular weight is 285 g/mol. The largest absolute Gasteiger partial charge is 0.416 e. The van der Waals surface area contributed by atoms with Crippen LogP contribution < -0.4 is 5.32 Å². The maximum absolute atomic E-state index is 12.8. The average Bonchev–Trinajstić information content (AvgIpc) is 2.84. The molecule has 108 valence electrons. The highest BCUT2D eigenvalue weighted by molar-refractivity contribution is 5.32. The highest BCUT2D eigenvalue weighted by Crippen LogP contribution is 2.32. The molecule has 20 heavy (non-hydrogen) atoms. The molecule has 4 nitrogen and oxygen atoms in total. The minimum absolute atomic E-state index is 0.0244. The van der Waals surface area contributed by atoms with Gasteiger partial charge in [-0.15, -0.1) is 5.10 Å². The number of nitrogens with zero attached hydrogens (tertiary/aromatic N) is 2. The van der Waals surface area contributed by atoms with E-state index < -0.39 is 11.7 Å². The second-order valence-electron chi connectivity index (χ2n) is 4.26. The lowest BCUT2D eigenvalue weighted by molar-refractivity contribution is -0.138. The summed E-state index contributed by atoms with van der Waals surface area (Å²) in [4.78, 5) is 0. The zero-order valence-corrected chi connectivity index (χ0v) is 10.9. The minimum atomic E-state index is -4.37. The molecule has 0 unspecified atom stereocenters. The quantitative estimate of drug-likeness (QED) is 0.911. The first-order chi connectivity index (χ1) is 9.50. The Kier molecular flexibility index (Phi) is 4.26. The Morgan fingerprint density at radius 3 is 2.65 bits per heavy atom. The van der Waals surface area contributed by atoms with Gasteiger partial charge in [-0.25, -0.2) is 0 Å². The molecule has 1 aromatic heterocycles. The van der Waals surface area contributed by atoms with Gasteiger partial charge in [0, 0.05) is 13.0 Å². The number of aromatic nitrogens is 2. The second-order valence-corrected chi connectivity index (χ2v) is 4.26. The molecule has 7 heteroatoms. The van der Waals surface area contributed by atoms with E-state index in [1.807, 2.05) is 6.92 Å². The van der Waals surface area contributed by atoms with Crippen molar-refractivity contribution in [3.05, 3.63) is 41.3 Å². The maximum atomic E-state index is 12.8. The third kappa shape index (κ3) is 3.49. The van der Waals surface area contributed by atoms with E-state index in [0.717, 1.165) is 12.5 Å². The highest BCUT2D eigenvalue weighted by atomic mass is 19.4. The molecule has 0 atom stereocenters. The van der Waals surface area contributed by atoms with Gasteiger partial charge in [0.05, 0.1) is 5.56 Å². The van der Waals surface area contributed by atoms with Crippen molar-refractivity contribution in [3.8, 4) is 0 Å². The predicted molar refractivity (Wildman–Crippen MR) is 67.1 cm³/mol. The van der Waals surface area contributed by atoms with Gasteiger partial charge in [0.25, 0.3) is 0 Å². The molecule has 0 aliphatic carbocycles. The lowest BCUT2D eigenvalue weighted by atomic mass is 10.1. The lowest BCUT2D eigenvalue weighted by Gasteiger charge is -2.12. The third-order valence-electron chi connectivity index (χ3n) is 2.68. The summed E-state index contributed by atoms with van der Waals surface area (Å²) in [6.07, 6.45) is -2.87. The van der Waals surface area contributed by atoms with Crippen LogP contribution in [0.4, 0.5) is 19.2 Å². The molecular formula is C13H14F3N3O. The Morgan fingerprint density at radius 2 is 1.95 bits per heavy atom. The van der Waals surface area contributed by atoms with Crippen LogP contribution >= 0.6 is 0 Å². The minimum Gasteiger partial charge on any atom is -0.408 e. The number of nitrogens with one attached hydrogen (secondary N) is 1. The summed E-state index contributed by atoms with van der Waals surface area (Å²) in [7, 11) is 0. The first-order valence-electron chi connectivity index (χ1n) is 6.22. The lowest BCUT2D eigenvalue weighted by Crippen LogP contribution is -2.11. The van der Waals surface area contributed by atoms with E-state index in [1.54, 1.807) is 6.07 Å². The summed E-state index contributed by atoms with van der Waals surface area (Å²) in [6.45, 7) is 1.94. The molecule has 2 aromatic rings. The number of anilines is 1. The van der Waals surface area contributed by atoms with E-state index in [1.165, 1.54) is 12.1 Å². The molecule has 0 saturated heterocycles. The maximum Gasteiger partial charge on any atom is 0.416 e. The Hall–Kier alpha value is -2.05. The summed E-state index contributed by atoms with van der Waals surface area (Å²) >= 11 is 0. The van der Waals surface area contributed by atoms with Crippen LogP contribution in [-0.2, 0) is 19.1 Å². The van der Waals surface area contributed by atoms with Gasteiger partial charge < -0.3 is 9.73 Å². The fraction of sp³-hybridized carbons (Fsp3) is 0.385. The number of hydrogen-bond acceptors (Lipinski definition) is 4. The molecule has 1 heterocycles. The number of hydrogen-bond donors (Lipinski definition) is 1. The van der Waals surface area contributed by atoms with Crippen molar-refractivity contribution < 1.29 is 17.6 Å². The van der Waals surface area contributed by atoms with Gasteiger partial charge in [-0.3, -0.25) is 0 Å². The van der Waals surface area contributed by atoms with Crippen LogP contribution in [-0.4, -0.2) is 10.2 Å². The van der Waals surface area contributed by atoms with Crippen molar-refractivity contribution in [1.82, 2.24) is 10.2 Å². The van der Waals surface area contributed by atoms with Crippen LogP contribution in [0.2, 0.25) is 0 Å². The van der Waals surface area contributed by atoms with Crippen LogP contribution in [0.1, 0.15) is 30.4 Å². The summed E-state index contributed by atoms with van der Waals surface area (Å²) in [5, 5.41) is 10.2. The predicted octanol–water partition coefficient (Wildman–Crippen LogP) is 3.65. The Bertz CT molecular complexity index is 566. The monoisotopic (exact) mass is 285 g/mol. The summed E-state index contributed by atoms with van der Waals surface area (Å²) < 4.78 is 43.7. The molecule has 0 saturated carbocycles. The van der Waals surface area contributed by atoms with E-state index in [2.05, 4.69) is 15.5 Å². The molecule has 0 radical (unpaired) electrons. The van der Waals surface area contributed by atoms with E-state index in [0.29, 0.717) is 12.3 Å². The van der Waals surface area contributed by atoms with Crippen LogP contribution in [0.15, 0.2) is 28.7 Å². The van der Waals surface area contributed by atoms with Gasteiger partial charge in [-0.2, -0.15) is 13.2 Å². The van der Waals surface area contributed by atoms with Crippen molar-refractivity contribution in [2.75, 3.05) is 5.32 Å². The fourth-order valence-corrected chi connectivity index (χ4v) is 1.76. The summed E-state index contributed by atoms with van der Waals surface area (Å²) in [6, 6.07) is 5.51. The van der Waals surface area contributed by atoms with E-state index in [-0.39, 0.29) is 18.1 Å². The normalized spacial score (nSPS) is 11.6. The van der Waals surface area contributed by atoms with Gasteiger partial charge in [0.15, 0.2) is 0 Å². The number of benzene rings is 1. The van der Waals surface area contributed by atoms with Crippen LogP contribution in [0.25, 0.3) is 0 Å². The van der Waals surface area contributed by atoms with Gasteiger partial charge in [0.1, 0.15) is 0 Å². The van der Waals surface area contributed by atoms with E-state index in [9.17, 15) is 13.2 Å². The smallest absolute Gasteiger partial charge is 0.408 e. The molecule has 1 N–H and O–H groups in total. The molecule has 0 aliphatic rings. The van der Waals surface area contributed by atoms with Crippen LogP contribution in [0.3, 0.4) is 0 Å². The van der Waals surface area contributed by atoms with Gasteiger partial charge in [-0.05, 0) is 18.1 Å². The standard InChI is InChI=1S/C13H14F3N3O/c1-2-5-11-18-19-12(20-11)17-8-9-6-3-4-7-10(9)13(14,15)16/h3-4,6-7H,2,5,8H2,1H3,(H,17,19). The Balaban J connectivity index is 2.07. The molecular weight excluding hydrogens is 271 g/mol. The first kappa shape index (κ1) is 14.4. The Morgan fingerprint density at radius 1 is 1.20 bits per heavy atom. The zero-order valence-electron chi connectivity index (χ0n) is 10.9. The van der Waals surface area contributed by atoms with Crippen LogP contribution in [0.5, 0.6) is 0 Å². The summed E-state index contributed by atoms with van der Waals surface area (Å²) in [5.74, 6) is 0.471. The highest BCUT2D eigenvalue weighted by Gasteiger charge is 2.32. The van der Waals surface area contributed by atoms with Crippen molar-refractivity contribution >= 4 is 6.01 Å². The van der Waals surface area contributed by atoms with Gasteiger partial charge in [0.2, 0.25) is 5.89 Å². The third-order valence-corrected chi connectivity index (χ3v) is 2.68. The van der Waals surface area contributed by atoms with Crippen molar-refractivity contribution in [3.63, 3.8) is 0 Å². The molecule has 1 aromatic carbocycles. The summed E-state index contributed by atoms with van der Waals surface area (Å²) in [5.41, 5.74) is -0.531. The fourth-order valence-electron chi connectivity index (χ4n) is 1.76. The van der Waals surface area contributed by atoms with Crippen molar-refractivity contribution in [1.29, 1.82) is 0 Å². The van der Waals surface area contributed by atoms with Gasteiger partial charge in [-0.1, -0.05) is 30.2 Å². The number of alkyl halides is 3. The first-order valence-corrected chi connectivity index (χ1v) is 6.22. The van der Waals surface area contributed by atoms with E-state index in [4.69, 9.17) is 4.42 Å². The molecule has 0 aliphatic heterocycles. The topological polar surface area (TPSA) is 51.0 Å². The molecule has 0 spiro atoms. The molecule has 0 amide bonds. The Labute approximate surface area is 114 Å².